The molecule has 0 spiro atoms. The monoisotopic (exact) mass is 408 g/mol. The number of methoxy groups -OCH3 is 1. The van der Waals surface area contributed by atoms with Gasteiger partial charge in [-0.1, -0.05) is 0 Å². The molecule has 7 heteroatoms. The summed E-state index contributed by atoms with van der Waals surface area (Å²) in [5.41, 5.74) is 0.841. The largest absolute Gasteiger partial charge is 0.497 e. The number of Topliss-reactive ketones (excluding diaryl/α,β-unsaturated/α-hetero) is 1. The van der Waals surface area contributed by atoms with E-state index in [9.17, 15) is 18.8 Å². The van der Waals surface area contributed by atoms with Gasteiger partial charge >= 0.3 is 0 Å². The maximum Gasteiger partial charge on any atom is 0.239 e. The number of carbonyl (C=O) groups excluding carboxylic acids is 3. The first-order valence-electron chi connectivity index (χ1n) is 10.1. The van der Waals surface area contributed by atoms with Crippen molar-refractivity contribution in [2.24, 2.45) is 11.8 Å². The SMILES string of the molecule is COc1ccc(N2C(=O)[C@@H]3[C@@H](C2=O)[C@@H](C(=O)c2ccc(F)cc2)N2CCC[C@H]32)cc1. The Morgan fingerprint density at radius 1 is 1.00 bits per heavy atom. The van der Waals surface area contributed by atoms with Crippen molar-refractivity contribution in [3.63, 3.8) is 0 Å². The average Bonchev–Trinajstić information content (AvgIpc) is 3.40. The summed E-state index contributed by atoms with van der Waals surface area (Å²) in [6.45, 7) is 0.679. The lowest BCUT2D eigenvalue weighted by molar-refractivity contribution is -0.123. The molecule has 3 fully saturated rings. The van der Waals surface area contributed by atoms with Crippen molar-refractivity contribution >= 4 is 23.3 Å². The molecule has 30 heavy (non-hydrogen) atoms. The van der Waals surface area contributed by atoms with Gasteiger partial charge in [0.15, 0.2) is 5.78 Å². The predicted molar refractivity (Wildman–Crippen MR) is 107 cm³/mol. The molecule has 0 unspecified atom stereocenters. The van der Waals surface area contributed by atoms with Crippen LogP contribution in [0.2, 0.25) is 0 Å². The average molecular weight is 408 g/mol. The van der Waals surface area contributed by atoms with E-state index in [-0.39, 0.29) is 23.6 Å². The van der Waals surface area contributed by atoms with E-state index in [1.807, 2.05) is 4.90 Å². The van der Waals surface area contributed by atoms with E-state index in [1.165, 1.54) is 29.2 Å². The minimum absolute atomic E-state index is 0.121. The van der Waals surface area contributed by atoms with Crippen molar-refractivity contribution in [2.75, 3.05) is 18.6 Å². The van der Waals surface area contributed by atoms with E-state index in [0.29, 0.717) is 23.5 Å². The summed E-state index contributed by atoms with van der Waals surface area (Å²) in [7, 11) is 1.55. The molecular formula is C23H21FN2O4. The highest BCUT2D eigenvalue weighted by molar-refractivity contribution is 6.24. The van der Waals surface area contributed by atoms with Crippen LogP contribution in [-0.2, 0) is 9.59 Å². The van der Waals surface area contributed by atoms with Crippen molar-refractivity contribution in [1.29, 1.82) is 0 Å². The van der Waals surface area contributed by atoms with E-state index in [1.54, 1.807) is 31.4 Å². The number of imide groups is 1. The van der Waals surface area contributed by atoms with Gasteiger partial charge in [-0.2, -0.15) is 0 Å². The van der Waals surface area contributed by atoms with Crippen molar-refractivity contribution in [2.45, 2.75) is 24.9 Å². The lowest BCUT2D eigenvalue weighted by Gasteiger charge is -2.27. The van der Waals surface area contributed by atoms with Gasteiger partial charge in [0.25, 0.3) is 0 Å². The van der Waals surface area contributed by atoms with Gasteiger partial charge in [-0.05, 0) is 67.9 Å². The molecule has 2 aromatic rings. The van der Waals surface area contributed by atoms with E-state index >= 15 is 0 Å². The zero-order valence-corrected chi connectivity index (χ0v) is 16.5. The first-order chi connectivity index (χ1) is 14.5. The van der Waals surface area contributed by atoms with Crippen LogP contribution in [0.1, 0.15) is 23.2 Å². The lowest BCUT2D eigenvalue weighted by Crippen LogP contribution is -2.46. The first kappa shape index (κ1) is 18.9. The minimum Gasteiger partial charge on any atom is -0.497 e. The fraction of sp³-hybridized carbons (Fsp3) is 0.348. The molecule has 3 saturated heterocycles. The van der Waals surface area contributed by atoms with Crippen LogP contribution in [0.15, 0.2) is 48.5 Å². The topological polar surface area (TPSA) is 66.9 Å². The molecule has 0 saturated carbocycles. The Morgan fingerprint density at radius 2 is 1.67 bits per heavy atom. The number of amides is 2. The smallest absolute Gasteiger partial charge is 0.239 e. The summed E-state index contributed by atoms with van der Waals surface area (Å²) in [6, 6.07) is 11.3. The second-order valence-corrected chi connectivity index (χ2v) is 8.02. The van der Waals surface area contributed by atoms with Gasteiger partial charge in [0, 0.05) is 11.6 Å². The molecule has 3 aliphatic rings. The molecule has 0 aromatic heterocycles. The van der Waals surface area contributed by atoms with Gasteiger partial charge in [-0.15, -0.1) is 0 Å². The number of fused-ring (bicyclic) bond motifs is 3. The normalized spacial score (nSPS) is 28.0. The second-order valence-electron chi connectivity index (χ2n) is 8.02. The molecule has 5 rings (SSSR count). The van der Waals surface area contributed by atoms with Gasteiger partial charge in [0.1, 0.15) is 11.6 Å². The highest BCUT2D eigenvalue weighted by Gasteiger charge is 2.64. The maximum atomic E-state index is 13.4. The Bertz CT molecular complexity index is 1020. The van der Waals surface area contributed by atoms with E-state index in [0.717, 1.165) is 12.8 Å². The quantitative estimate of drug-likeness (QED) is 0.575. The number of halogens is 1. The van der Waals surface area contributed by atoms with Crippen LogP contribution in [0, 0.1) is 17.7 Å². The summed E-state index contributed by atoms with van der Waals surface area (Å²) in [5.74, 6) is -1.87. The summed E-state index contributed by atoms with van der Waals surface area (Å²) in [4.78, 5) is 43.3. The van der Waals surface area contributed by atoms with Gasteiger partial charge in [-0.25, -0.2) is 9.29 Å². The fourth-order valence-corrected chi connectivity index (χ4v) is 5.29. The third kappa shape index (κ3) is 2.69. The number of ketones is 1. The Morgan fingerprint density at radius 3 is 2.33 bits per heavy atom. The molecule has 0 radical (unpaired) electrons. The van der Waals surface area contributed by atoms with Gasteiger partial charge in [-0.3, -0.25) is 19.3 Å². The fourth-order valence-electron chi connectivity index (χ4n) is 5.29. The predicted octanol–water partition coefficient (Wildman–Crippen LogP) is 2.67. The van der Waals surface area contributed by atoms with Crippen molar-refractivity contribution in [3.05, 3.63) is 59.9 Å². The molecule has 3 heterocycles. The lowest BCUT2D eigenvalue weighted by atomic mass is 9.85. The number of hydrogen-bond donors (Lipinski definition) is 0. The van der Waals surface area contributed by atoms with Crippen molar-refractivity contribution < 1.29 is 23.5 Å². The number of ether oxygens (including phenoxy) is 1. The number of rotatable bonds is 4. The maximum absolute atomic E-state index is 13.4. The summed E-state index contributed by atoms with van der Waals surface area (Å²) < 4.78 is 18.5. The van der Waals surface area contributed by atoms with Crippen LogP contribution in [0.3, 0.4) is 0 Å². The van der Waals surface area contributed by atoms with E-state index in [4.69, 9.17) is 4.74 Å². The summed E-state index contributed by atoms with van der Waals surface area (Å²) >= 11 is 0. The molecule has 2 amide bonds. The molecule has 0 N–H and O–H groups in total. The van der Waals surface area contributed by atoms with Crippen LogP contribution >= 0.6 is 0 Å². The summed E-state index contributed by atoms with van der Waals surface area (Å²) in [6.07, 6.45) is 1.66. The van der Waals surface area contributed by atoms with E-state index < -0.39 is 23.7 Å². The van der Waals surface area contributed by atoms with Crippen molar-refractivity contribution in [3.8, 4) is 5.75 Å². The summed E-state index contributed by atoms with van der Waals surface area (Å²) in [5, 5.41) is 0. The molecule has 0 aliphatic carbocycles. The molecule has 4 atom stereocenters. The van der Waals surface area contributed by atoms with Crippen LogP contribution < -0.4 is 9.64 Å². The number of benzene rings is 2. The highest BCUT2D eigenvalue weighted by atomic mass is 19.1. The van der Waals surface area contributed by atoms with Crippen LogP contribution in [-0.4, -0.2) is 48.2 Å². The van der Waals surface area contributed by atoms with Gasteiger partial charge in [0.05, 0.1) is 30.7 Å². The third-order valence-electron chi connectivity index (χ3n) is 6.58. The molecule has 2 aromatic carbocycles. The molecular weight excluding hydrogens is 387 g/mol. The van der Waals surface area contributed by atoms with Crippen LogP contribution in [0.4, 0.5) is 10.1 Å². The molecule has 154 valence electrons. The minimum atomic E-state index is -0.720. The number of carbonyl (C=O) groups is 3. The van der Waals surface area contributed by atoms with Crippen molar-refractivity contribution in [1.82, 2.24) is 4.90 Å². The zero-order valence-electron chi connectivity index (χ0n) is 16.5. The van der Waals surface area contributed by atoms with Gasteiger partial charge in [0.2, 0.25) is 11.8 Å². The number of hydrogen-bond acceptors (Lipinski definition) is 5. The highest BCUT2D eigenvalue weighted by Crippen LogP contribution is 2.48. The standard InChI is InChI=1S/C23H21FN2O4/c1-30-16-10-8-15(9-11-16)26-22(28)18-17-3-2-12-25(17)20(19(18)23(26)29)21(27)13-4-6-14(24)7-5-13/h4-11,17-20H,2-3,12H2,1H3/t17-,18+,19-,20+/m1/s1. The number of anilines is 1. The Hall–Kier alpha value is -3.06. The van der Waals surface area contributed by atoms with E-state index in [2.05, 4.69) is 0 Å². The zero-order chi connectivity index (χ0) is 21.0. The van der Waals surface area contributed by atoms with Crippen LogP contribution in [0.5, 0.6) is 5.75 Å². The third-order valence-corrected chi connectivity index (χ3v) is 6.58. The molecule has 3 aliphatic heterocycles. The van der Waals surface area contributed by atoms with Crippen LogP contribution in [0.25, 0.3) is 0 Å². The first-order valence-corrected chi connectivity index (χ1v) is 10.1. The van der Waals surface area contributed by atoms with Gasteiger partial charge < -0.3 is 4.74 Å². The number of nitrogens with zero attached hydrogens (tertiary/aromatic N) is 2. The molecule has 0 bridgehead atoms. The Balaban J connectivity index is 1.52. The molecule has 6 nitrogen and oxygen atoms in total. The Labute approximate surface area is 173 Å². The Kier molecular flexibility index (Phi) is 4.43. The second kappa shape index (κ2) is 7.02.